The molecule has 2 heterocycles. The molecule has 1 fully saturated rings. The van der Waals surface area contributed by atoms with Gasteiger partial charge in [0.2, 0.25) is 0 Å². The molecule has 3 rings (SSSR count). The molecule has 0 bridgehead atoms. The first-order valence-electron chi connectivity index (χ1n) is 8.23. The Morgan fingerprint density at radius 2 is 1.88 bits per heavy atom. The Morgan fingerprint density at radius 1 is 1.19 bits per heavy atom. The molecule has 8 heteroatoms. The van der Waals surface area contributed by atoms with Gasteiger partial charge in [0.25, 0.3) is 11.8 Å². The average molecular weight is 442 g/mol. The van der Waals surface area contributed by atoms with Gasteiger partial charge in [-0.2, -0.15) is 0 Å². The number of ether oxygens (including phenoxy) is 1. The Balaban J connectivity index is 1.42. The highest BCUT2D eigenvalue weighted by Crippen LogP contribution is 2.17. The van der Waals surface area contributed by atoms with Crippen molar-refractivity contribution in [1.82, 2.24) is 10.2 Å². The lowest BCUT2D eigenvalue weighted by Gasteiger charge is -2.32. The van der Waals surface area contributed by atoms with Crippen molar-refractivity contribution >= 4 is 39.3 Å². The summed E-state index contributed by atoms with van der Waals surface area (Å²) >= 11 is 8.99. The maximum absolute atomic E-state index is 12.3. The Hall–Kier alpha value is -1.99. The summed E-state index contributed by atoms with van der Waals surface area (Å²) in [5, 5.41) is 3.56. The average Bonchev–Trinajstić information content (AvgIpc) is 3.08. The zero-order chi connectivity index (χ0) is 18.5. The van der Waals surface area contributed by atoms with Crippen molar-refractivity contribution in [2.24, 2.45) is 0 Å². The van der Waals surface area contributed by atoms with Crippen molar-refractivity contribution < 1.29 is 18.7 Å². The number of benzene rings is 1. The minimum Gasteiger partial charge on any atom is -0.484 e. The van der Waals surface area contributed by atoms with E-state index in [1.165, 1.54) is 0 Å². The van der Waals surface area contributed by atoms with Crippen LogP contribution in [0.2, 0.25) is 5.02 Å². The van der Waals surface area contributed by atoms with Gasteiger partial charge in [-0.3, -0.25) is 9.59 Å². The predicted molar refractivity (Wildman–Crippen MR) is 100 cm³/mol. The summed E-state index contributed by atoms with van der Waals surface area (Å²) in [7, 11) is 0. The van der Waals surface area contributed by atoms with Crippen molar-refractivity contribution in [3.8, 4) is 5.75 Å². The van der Waals surface area contributed by atoms with Crippen LogP contribution in [0.3, 0.4) is 0 Å². The normalized spacial score (nSPS) is 14.9. The number of rotatable bonds is 5. The number of nitrogens with one attached hydrogen (secondary N) is 1. The second-order valence-electron chi connectivity index (χ2n) is 5.97. The third kappa shape index (κ3) is 5.02. The summed E-state index contributed by atoms with van der Waals surface area (Å²) in [6, 6.07) is 10.2. The first-order chi connectivity index (χ1) is 12.5. The standard InChI is InChI=1S/C18H18BrClN2O4/c19-16-6-5-15(26-16)18(24)21-13-7-9-22(10-8-13)17(23)11-25-14-3-1-12(20)2-4-14/h1-6,13H,7-11H2,(H,21,24). The van der Waals surface area contributed by atoms with Crippen LogP contribution in [0.15, 0.2) is 45.5 Å². The highest BCUT2D eigenvalue weighted by atomic mass is 79.9. The van der Waals surface area contributed by atoms with Crippen LogP contribution >= 0.6 is 27.5 Å². The van der Waals surface area contributed by atoms with Crippen LogP contribution in [0, 0.1) is 0 Å². The van der Waals surface area contributed by atoms with E-state index in [0.717, 1.165) is 0 Å². The van der Waals surface area contributed by atoms with Gasteiger partial charge in [-0.25, -0.2) is 0 Å². The molecule has 0 unspecified atom stereocenters. The first-order valence-corrected chi connectivity index (χ1v) is 9.41. The van der Waals surface area contributed by atoms with E-state index in [4.69, 9.17) is 20.8 Å². The molecule has 2 aromatic rings. The van der Waals surface area contributed by atoms with Crippen LogP contribution in [0.4, 0.5) is 0 Å². The van der Waals surface area contributed by atoms with Crippen LogP contribution in [0.1, 0.15) is 23.4 Å². The SMILES string of the molecule is O=C(NC1CCN(C(=O)COc2ccc(Cl)cc2)CC1)c1ccc(Br)o1. The molecule has 0 spiro atoms. The fourth-order valence-corrected chi connectivity index (χ4v) is 3.17. The van der Waals surface area contributed by atoms with E-state index in [9.17, 15) is 9.59 Å². The van der Waals surface area contributed by atoms with Crippen LogP contribution in [0.5, 0.6) is 5.75 Å². The molecule has 0 saturated carbocycles. The van der Waals surface area contributed by atoms with Gasteiger partial charge >= 0.3 is 0 Å². The molecule has 0 radical (unpaired) electrons. The molecule has 0 aliphatic carbocycles. The molecule has 1 aliphatic rings. The second-order valence-corrected chi connectivity index (χ2v) is 7.19. The van der Waals surface area contributed by atoms with Gasteiger partial charge in [-0.1, -0.05) is 11.6 Å². The Labute approximate surface area is 164 Å². The Bertz CT molecular complexity index is 770. The number of amides is 2. The quantitative estimate of drug-likeness (QED) is 0.771. The molecule has 26 heavy (non-hydrogen) atoms. The molecule has 1 saturated heterocycles. The zero-order valence-electron chi connectivity index (χ0n) is 13.9. The summed E-state index contributed by atoms with van der Waals surface area (Å²) < 4.78 is 11.3. The number of carbonyl (C=O) groups is 2. The van der Waals surface area contributed by atoms with E-state index in [1.54, 1.807) is 41.3 Å². The molecule has 1 N–H and O–H groups in total. The number of likely N-dealkylation sites (tertiary alicyclic amines) is 1. The van der Waals surface area contributed by atoms with E-state index in [2.05, 4.69) is 21.2 Å². The van der Waals surface area contributed by atoms with Gasteiger partial charge in [0.15, 0.2) is 17.0 Å². The number of furan rings is 1. The molecular formula is C18H18BrClN2O4. The van der Waals surface area contributed by atoms with E-state index in [0.29, 0.717) is 41.4 Å². The minimum absolute atomic E-state index is 0.0148. The number of hydrogen-bond donors (Lipinski definition) is 1. The Morgan fingerprint density at radius 3 is 2.50 bits per heavy atom. The maximum atomic E-state index is 12.3. The fraction of sp³-hybridized carbons (Fsp3) is 0.333. The summed E-state index contributed by atoms with van der Waals surface area (Å²) in [4.78, 5) is 26.1. The van der Waals surface area contributed by atoms with Crippen molar-refractivity contribution in [2.75, 3.05) is 19.7 Å². The lowest BCUT2D eigenvalue weighted by molar-refractivity contribution is -0.134. The Kier molecular flexibility index (Phi) is 6.21. The van der Waals surface area contributed by atoms with Crippen LogP contribution in [0.25, 0.3) is 0 Å². The maximum Gasteiger partial charge on any atom is 0.287 e. The van der Waals surface area contributed by atoms with E-state index >= 15 is 0 Å². The summed E-state index contributed by atoms with van der Waals surface area (Å²) in [5.41, 5.74) is 0. The molecule has 138 valence electrons. The third-order valence-corrected chi connectivity index (χ3v) is 4.83. The summed E-state index contributed by atoms with van der Waals surface area (Å²) in [6.07, 6.45) is 1.39. The van der Waals surface area contributed by atoms with E-state index in [-0.39, 0.29) is 30.2 Å². The second kappa shape index (κ2) is 8.60. The summed E-state index contributed by atoms with van der Waals surface area (Å²) in [5.74, 6) is 0.562. The first kappa shape index (κ1) is 18.8. The van der Waals surface area contributed by atoms with Crippen LogP contribution < -0.4 is 10.1 Å². The van der Waals surface area contributed by atoms with Gasteiger partial charge in [0.05, 0.1) is 0 Å². The lowest BCUT2D eigenvalue weighted by Crippen LogP contribution is -2.47. The molecule has 1 aliphatic heterocycles. The minimum atomic E-state index is -0.244. The van der Waals surface area contributed by atoms with Crippen molar-refractivity contribution in [1.29, 1.82) is 0 Å². The van der Waals surface area contributed by atoms with Crippen LogP contribution in [-0.2, 0) is 4.79 Å². The smallest absolute Gasteiger partial charge is 0.287 e. The molecule has 2 amide bonds. The van der Waals surface area contributed by atoms with Gasteiger partial charge in [0.1, 0.15) is 5.75 Å². The van der Waals surface area contributed by atoms with Gasteiger partial charge in [-0.15, -0.1) is 0 Å². The van der Waals surface area contributed by atoms with E-state index < -0.39 is 0 Å². The van der Waals surface area contributed by atoms with Crippen molar-refractivity contribution in [2.45, 2.75) is 18.9 Å². The van der Waals surface area contributed by atoms with Crippen molar-refractivity contribution in [3.05, 3.63) is 51.9 Å². The fourth-order valence-electron chi connectivity index (χ4n) is 2.73. The number of halogens is 2. The molecule has 1 aromatic carbocycles. The van der Waals surface area contributed by atoms with Gasteiger partial charge in [0, 0.05) is 24.2 Å². The lowest BCUT2D eigenvalue weighted by atomic mass is 10.0. The van der Waals surface area contributed by atoms with Crippen molar-refractivity contribution in [3.63, 3.8) is 0 Å². The topological polar surface area (TPSA) is 71.8 Å². The molecular weight excluding hydrogens is 424 g/mol. The predicted octanol–water partition coefficient (Wildman–Crippen LogP) is 3.50. The zero-order valence-corrected chi connectivity index (χ0v) is 16.3. The molecule has 1 aromatic heterocycles. The summed E-state index contributed by atoms with van der Waals surface area (Å²) in [6.45, 7) is 1.14. The van der Waals surface area contributed by atoms with Crippen LogP contribution in [-0.4, -0.2) is 42.5 Å². The number of piperidine rings is 1. The number of carbonyl (C=O) groups excluding carboxylic acids is 2. The van der Waals surface area contributed by atoms with Gasteiger partial charge in [-0.05, 0) is 65.2 Å². The number of nitrogens with zero attached hydrogens (tertiary/aromatic N) is 1. The largest absolute Gasteiger partial charge is 0.484 e. The molecule has 6 nitrogen and oxygen atoms in total. The highest BCUT2D eigenvalue weighted by Gasteiger charge is 2.25. The van der Waals surface area contributed by atoms with Gasteiger partial charge < -0.3 is 19.4 Å². The van der Waals surface area contributed by atoms with E-state index in [1.807, 2.05) is 0 Å². The number of hydrogen-bond acceptors (Lipinski definition) is 4. The highest BCUT2D eigenvalue weighted by molar-refractivity contribution is 9.10. The monoisotopic (exact) mass is 440 g/mol. The third-order valence-electron chi connectivity index (χ3n) is 4.16. The molecule has 0 atom stereocenters.